The molecule has 0 amide bonds. The number of halogens is 1. The first-order chi connectivity index (χ1) is 6.29. The Morgan fingerprint density at radius 3 is 2.15 bits per heavy atom. The highest BCUT2D eigenvalue weighted by molar-refractivity contribution is 5.76. The lowest BCUT2D eigenvalue weighted by Crippen LogP contribution is -1.83. The minimum Gasteiger partial charge on any atom is -0.207 e. The fourth-order valence-corrected chi connectivity index (χ4v) is 1.22. The lowest BCUT2D eigenvalue weighted by molar-refractivity contribution is 0.671. The molecule has 1 heteroatoms. The van der Waals surface area contributed by atoms with Gasteiger partial charge in [0.2, 0.25) is 0 Å². The fraction of sp³-hybridized carbons (Fsp3) is 0.167. The topological polar surface area (TPSA) is 0 Å². The maximum Gasteiger partial charge on any atom is 0.126 e. The molecule has 1 rings (SSSR count). The van der Waals surface area contributed by atoms with Crippen molar-refractivity contribution in [1.82, 2.24) is 0 Å². The summed E-state index contributed by atoms with van der Waals surface area (Å²) in [4.78, 5) is 0. The van der Waals surface area contributed by atoms with Gasteiger partial charge in [0.05, 0.1) is 0 Å². The number of rotatable bonds is 2. The van der Waals surface area contributed by atoms with E-state index in [2.05, 4.69) is 0 Å². The van der Waals surface area contributed by atoms with E-state index < -0.39 is 0 Å². The molecule has 0 aromatic heterocycles. The normalized spacial score (nSPS) is 13.2. The smallest absolute Gasteiger partial charge is 0.126 e. The molecule has 0 heterocycles. The van der Waals surface area contributed by atoms with Crippen LogP contribution >= 0.6 is 0 Å². The van der Waals surface area contributed by atoms with Crippen LogP contribution < -0.4 is 0 Å². The molecular formula is C12H13F. The van der Waals surface area contributed by atoms with Crippen molar-refractivity contribution >= 4 is 5.57 Å². The fourth-order valence-electron chi connectivity index (χ4n) is 1.22. The van der Waals surface area contributed by atoms with Crippen LogP contribution in [0.4, 0.5) is 4.39 Å². The van der Waals surface area contributed by atoms with E-state index in [1.54, 1.807) is 13.0 Å². The monoisotopic (exact) mass is 176 g/mol. The molecule has 0 spiro atoms. The second kappa shape index (κ2) is 4.61. The molecule has 1 aromatic rings. The summed E-state index contributed by atoms with van der Waals surface area (Å²) in [6, 6.07) is 9.53. The van der Waals surface area contributed by atoms with Crippen LogP contribution in [0.5, 0.6) is 0 Å². The number of benzene rings is 1. The van der Waals surface area contributed by atoms with Gasteiger partial charge in [0.15, 0.2) is 0 Å². The van der Waals surface area contributed by atoms with Crippen LogP contribution in [0.3, 0.4) is 0 Å². The summed E-state index contributed by atoms with van der Waals surface area (Å²) >= 11 is 0. The van der Waals surface area contributed by atoms with Gasteiger partial charge in [-0.15, -0.1) is 0 Å². The van der Waals surface area contributed by atoms with Crippen LogP contribution in [0, 0.1) is 0 Å². The summed E-state index contributed by atoms with van der Waals surface area (Å²) in [6.45, 7) is 3.53. The number of hydrogen-bond acceptors (Lipinski definition) is 0. The van der Waals surface area contributed by atoms with Crippen LogP contribution in [0.15, 0.2) is 48.3 Å². The maximum atomic E-state index is 13.3. The number of hydrogen-bond donors (Lipinski definition) is 0. The minimum absolute atomic E-state index is 0.172. The highest BCUT2D eigenvalue weighted by Gasteiger charge is 2.03. The molecule has 0 saturated heterocycles. The molecule has 0 aliphatic carbocycles. The molecule has 0 aliphatic heterocycles. The lowest BCUT2D eigenvalue weighted by atomic mass is 10.0. The van der Waals surface area contributed by atoms with Crippen molar-refractivity contribution in [1.29, 1.82) is 0 Å². The molecule has 0 radical (unpaired) electrons. The second-order valence-electron chi connectivity index (χ2n) is 2.70. The Balaban J connectivity index is 3.07. The summed E-state index contributed by atoms with van der Waals surface area (Å²) in [5, 5.41) is 0. The van der Waals surface area contributed by atoms with Crippen molar-refractivity contribution in [2.24, 2.45) is 0 Å². The molecular weight excluding hydrogens is 163 g/mol. The molecule has 0 aliphatic rings. The first-order valence-corrected chi connectivity index (χ1v) is 4.33. The van der Waals surface area contributed by atoms with Crippen molar-refractivity contribution in [2.45, 2.75) is 13.8 Å². The van der Waals surface area contributed by atoms with Crippen molar-refractivity contribution in [3.63, 3.8) is 0 Å². The Labute approximate surface area is 78.4 Å². The van der Waals surface area contributed by atoms with E-state index in [0.29, 0.717) is 5.57 Å². The highest BCUT2D eigenvalue weighted by atomic mass is 19.1. The van der Waals surface area contributed by atoms with E-state index in [4.69, 9.17) is 0 Å². The van der Waals surface area contributed by atoms with Gasteiger partial charge in [-0.05, 0) is 19.4 Å². The first kappa shape index (κ1) is 9.72. The molecule has 68 valence electrons. The van der Waals surface area contributed by atoms with Crippen molar-refractivity contribution in [2.75, 3.05) is 0 Å². The summed E-state index contributed by atoms with van der Waals surface area (Å²) in [5.41, 5.74) is 1.57. The number of allylic oxidation sites excluding steroid dienone is 4. The zero-order valence-corrected chi connectivity index (χ0v) is 7.92. The zero-order valence-electron chi connectivity index (χ0n) is 7.92. The van der Waals surface area contributed by atoms with E-state index in [1.165, 1.54) is 6.08 Å². The molecule has 1 aromatic carbocycles. The SMILES string of the molecule is C/C=C(\C(F)=C/C)c1ccccc1. The molecule has 0 nitrogen and oxygen atoms in total. The Hall–Kier alpha value is -1.37. The van der Waals surface area contributed by atoms with Gasteiger partial charge in [0.1, 0.15) is 5.83 Å². The van der Waals surface area contributed by atoms with Gasteiger partial charge in [-0.1, -0.05) is 42.5 Å². The molecule has 0 fully saturated rings. The quantitative estimate of drug-likeness (QED) is 0.598. The average molecular weight is 176 g/mol. The molecule has 0 atom stereocenters. The van der Waals surface area contributed by atoms with E-state index in [9.17, 15) is 4.39 Å². The third-order valence-corrected chi connectivity index (χ3v) is 1.88. The van der Waals surface area contributed by atoms with E-state index >= 15 is 0 Å². The summed E-state index contributed by atoms with van der Waals surface area (Å²) in [7, 11) is 0. The summed E-state index contributed by atoms with van der Waals surface area (Å²) in [6.07, 6.45) is 3.26. The minimum atomic E-state index is -0.172. The van der Waals surface area contributed by atoms with Crippen molar-refractivity contribution in [3.05, 3.63) is 53.9 Å². The Kier molecular flexibility index (Phi) is 3.44. The Morgan fingerprint density at radius 2 is 1.69 bits per heavy atom. The van der Waals surface area contributed by atoms with Gasteiger partial charge < -0.3 is 0 Å². The van der Waals surface area contributed by atoms with E-state index in [1.807, 2.05) is 37.3 Å². The largest absolute Gasteiger partial charge is 0.207 e. The van der Waals surface area contributed by atoms with Crippen molar-refractivity contribution < 1.29 is 4.39 Å². The molecule has 0 N–H and O–H groups in total. The van der Waals surface area contributed by atoms with Gasteiger partial charge in [0.25, 0.3) is 0 Å². The maximum absolute atomic E-state index is 13.3. The van der Waals surface area contributed by atoms with Crippen LogP contribution in [-0.4, -0.2) is 0 Å². The predicted molar refractivity (Wildman–Crippen MR) is 55.0 cm³/mol. The standard InChI is InChI=1S/C12H13F/c1-3-11(12(13)4-2)10-8-6-5-7-9-10/h3-9H,1-2H3/b11-3-,12-4+. The van der Waals surface area contributed by atoms with E-state index in [-0.39, 0.29) is 5.83 Å². The summed E-state index contributed by atoms with van der Waals surface area (Å²) < 4.78 is 13.3. The van der Waals surface area contributed by atoms with Crippen LogP contribution in [-0.2, 0) is 0 Å². The Bertz CT molecular complexity index is 320. The molecule has 0 unspecified atom stereocenters. The second-order valence-corrected chi connectivity index (χ2v) is 2.70. The van der Waals surface area contributed by atoms with Gasteiger partial charge in [-0.3, -0.25) is 0 Å². The third-order valence-electron chi connectivity index (χ3n) is 1.88. The first-order valence-electron chi connectivity index (χ1n) is 4.33. The molecule has 0 saturated carbocycles. The molecule has 13 heavy (non-hydrogen) atoms. The Morgan fingerprint density at radius 1 is 1.08 bits per heavy atom. The predicted octanol–water partition coefficient (Wildman–Crippen LogP) is 3.96. The molecule has 0 bridgehead atoms. The van der Waals surface area contributed by atoms with Crippen LogP contribution in [0.2, 0.25) is 0 Å². The van der Waals surface area contributed by atoms with Crippen LogP contribution in [0.1, 0.15) is 19.4 Å². The third kappa shape index (κ3) is 2.28. The van der Waals surface area contributed by atoms with Gasteiger partial charge in [0, 0.05) is 5.57 Å². The van der Waals surface area contributed by atoms with Crippen LogP contribution in [0.25, 0.3) is 5.57 Å². The van der Waals surface area contributed by atoms with Crippen molar-refractivity contribution in [3.8, 4) is 0 Å². The van der Waals surface area contributed by atoms with Gasteiger partial charge >= 0.3 is 0 Å². The lowest BCUT2D eigenvalue weighted by Gasteiger charge is -2.03. The summed E-state index contributed by atoms with van der Waals surface area (Å²) in [5.74, 6) is -0.172. The zero-order chi connectivity index (χ0) is 9.68. The van der Waals surface area contributed by atoms with E-state index in [0.717, 1.165) is 5.56 Å². The van der Waals surface area contributed by atoms with Gasteiger partial charge in [-0.25, -0.2) is 4.39 Å². The average Bonchev–Trinajstić information content (AvgIpc) is 2.20. The van der Waals surface area contributed by atoms with Gasteiger partial charge in [-0.2, -0.15) is 0 Å². The highest BCUT2D eigenvalue weighted by Crippen LogP contribution is 2.23.